The van der Waals surface area contributed by atoms with Gasteiger partial charge in [-0.2, -0.15) is 0 Å². The lowest BCUT2D eigenvalue weighted by molar-refractivity contribution is -0.104. The SMILES string of the molecule is CN=C/C=C(Nc1ccc(C=O)c(/C=C\NC)c1)\C(C=O)=C/O.CNc1ccc(N2CCN(C)CC2)cc1. The van der Waals surface area contributed by atoms with Gasteiger partial charge >= 0.3 is 0 Å². The monoisotopic (exact) mass is 518 g/mol. The maximum atomic E-state index is 11.1. The third kappa shape index (κ3) is 9.25. The number of likely N-dealkylation sites (N-methyl/N-ethyl adjacent to an activating group) is 1. The number of anilines is 3. The van der Waals surface area contributed by atoms with Crippen LogP contribution in [0.3, 0.4) is 0 Å². The van der Waals surface area contributed by atoms with E-state index in [9.17, 15) is 9.59 Å². The number of aliphatic hydroxyl groups excluding tert-OH is 1. The summed E-state index contributed by atoms with van der Waals surface area (Å²) in [7, 11) is 7.48. The first-order valence-electron chi connectivity index (χ1n) is 12.3. The third-order valence-corrected chi connectivity index (χ3v) is 5.91. The molecule has 1 saturated heterocycles. The van der Waals surface area contributed by atoms with Crippen molar-refractivity contribution in [3.63, 3.8) is 0 Å². The second-order valence-corrected chi connectivity index (χ2v) is 8.49. The number of carbonyl (C=O) groups excluding carboxylic acids is 2. The number of hydrogen-bond donors (Lipinski definition) is 4. The summed E-state index contributed by atoms with van der Waals surface area (Å²) >= 11 is 0. The molecule has 2 aromatic rings. The Labute approximate surface area is 225 Å². The number of rotatable bonds is 10. The number of benzene rings is 2. The molecule has 3 rings (SSSR count). The van der Waals surface area contributed by atoms with Gasteiger partial charge in [-0.1, -0.05) is 0 Å². The van der Waals surface area contributed by atoms with E-state index in [1.165, 1.54) is 17.6 Å². The number of aliphatic imine (C=N–C) groups is 1. The minimum atomic E-state index is 0.0803. The second-order valence-electron chi connectivity index (χ2n) is 8.49. The van der Waals surface area contributed by atoms with Crippen molar-refractivity contribution in [1.29, 1.82) is 0 Å². The average Bonchev–Trinajstić information content (AvgIpc) is 2.96. The Morgan fingerprint density at radius 1 is 0.974 bits per heavy atom. The molecular weight excluding hydrogens is 480 g/mol. The first kappa shape index (κ1) is 29.9. The van der Waals surface area contributed by atoms with Crippen molar-refractivity contribution in [2.24, 2.45) is 4.99 Å². The maximum Gasteiger partial charge on any atom is 0.155 e. The molecule has 0 amide bonds. The Balaban J connectivity index is 0.000000290. The van der Waals surface area contributed by atoms with E-state index in [0.29, 0.717) is 28.8 Å². The molecule has 38 heavy (non-hydrogen) atoms. The van der Waals surface area contributed by atoms with Crippen LogP contribution in [0.25, 0.3) is 6.08 Å². The van der Waals surface area contributed by atoms with Gasteiger partial charge in [-0.3, -0.25) is 14.6 Å². The Hall–Kier alpha value is -4.37. The van der Waals surface area contributed by atoms with Gasteiger partial charge in [-0.05, 0) is 73.4 Å². The van der Waals surface area contributed by atoms with Crippen molar-refractivity contribution < 1.29 is 14.7 Å². The fourth-order valence-electron chi connectivity index (χ4n) is 3.66. The van der Waals surface area contributed by atoms with Crippen molar-refractivity contribution in [1.82, 2.24) is 10.2 Å². The van der Waals surface area contributed by atoms with Crippen LogP contribution in [0.1, 0.15) is 15.9 Å². The minimum Gasteiger partial charge on any atom is -0.515 e. The van der Waals surface area contributed by atoms with E-state index in [1.54, 1.807) is 50.6 Å². The highest BCUT2D eigenvalue weighted by molar-refractivity contribution is 5.87. The van der Waals surface area contributed by atoms with E-state index in [2.05, 4.69) is 62.1 Å². The van der Waals surface area contributed by atoms with Crippen LogP contribution in [0.4, 0.5) is 17.1 Å². The Morgan fingerprint density at radius 3 is 2.21 bits per heavy atom. The predicted molar refractivity (Wildman–Crippen MR) is 159 cm³/mol. The van der Waals surface area contributed by atoms with Crippen LogP contribution >= 0.6 is 0 Å². The Kier molecular flexibility index (Phi) is 12.9. The van der Waals surface area contributed by atoms with E-state index in [0.717, 1.165) is 38.7 Å². The van der Waals surface area contributed by atoms with Gasteiger partial charge in [0.2, 0.25) is 0 Å². The zero-order chi connectivity index (χ0) is 27.8. The van der Waals surface area contributed by atoms with Crippen LogP contribution in [0, 0.1) is 0 Å². The largest absolute Gasteiger partial charge is 0.515 e. The molecule has 0 radical (unpaired) electrons. The summed E-state index contributed by atoms with van der Waals surface area (Å²) in [6, 6.07) is 13.8. The second kappa shape index (κ2) is 16.4. The van der Waals surface area contributed by atoms with Crippen molar-refractivity contribution in [2.45, 2.75) is 0 Å². The molecule has 0 aromatic heterocycles. The van der Waals surface area contributed by atoms with Crippen LogP contribution in [-0.4, -0.2) is 83.2 Å². The molecule has 0 bridgehead atoms. The highest BCUT2D eigenvalue weighted by Crippen LogP contribution is 2.20. The average molecular weight is 519 g/mol. The highest BCUT2D eigenvalue weighted by Gasteiger charge is 2.13. The number of piperazine rings is 1. The summed E-state index contributed by atoms with van der Waals surface area (Å²) in [6.45, 7) is 4.59. The summed E-state index contributed by atoms with van der Waals surface area (Å²) in [5.74, 6) is 0. The van der Waals surface area contributed by atoms with Crippen LogP contribution < -0.4 is 20.9 Å². The topological polar surface area (TPSA) is 109 Å². The normalized spacial score (nSPS) is 14.7. The van der Waals surface area contributed by atoms with Gasteiger partial charge in [-0.15, -0.1) is 0 Å². The first-order chi connectivity index (χ1) is 18.5. The number of allylic oxidation sites excluding steroid dienone is 2. The van der Waals surface area contributed by atoms with E-state index >= 15 is 0 Å². The number of aldehydes is 2. The van der Waals surface area contributed by atoms with Crippen LogP contribution in [-0.2, 0) is 4.79 Å². The molecule has 4 N–H and O–H groups in total. The van der Waals surface area contributed by atoms with Crippen LogP contribution in [0.15, 0.2) is 77.3 Å². The molecule has 1 heterocycles. The number of nitrogens with one attached hydrogen (secondary N) is 3. The lowest BCUT2D eigenvalue weighted by Crippen LogP contribution is -2.44. The Morgan fingerprint density at radius 2 is 1.66 bits per heavy atom. The fraction of sp³-hybridized carbons (Fsp3) is 0.276. The summed E-state index contributed by atoms with van der Waals surface area (Å²) in [6.07, 6.45) is 8.54. The summed E-state index contributed by atoms with van der Waals surface area (Å²) in [5, 5.41) is 18.2. The van der Waals surface area contributed by atoms with E-state index < -0.39 is 0 Å². The molecule has 2 aromatic carbocycles. The summed E-state index contributed by atoms with van der Waals surface area (Å²) in [4.78, 5) is 30.7. The lowest BCUT2D eigenvalue weighted by Gasteiger charge is -2.34. The number of hydrogen-bond acceptors (Lipinski definition) is 9. The Bertz CT molecular complexity index is 1150. The van der Waals surface area contributed by atoms with E-state index in [4.69, 9.17) is 5.11 Å². The predicted octanol–water partition coefficient (Wildman–Crippen LogP) is 3.81. The molecule has 0 spiro atoms. The van der Waals surface area contributed by atoms with Crippen LogP contribution in [0.5, 0.6) is 0 Å². The standard InChI is InChI=1S/C17H19N3O3.C12H19N3/c1-18-7-5-13-9-16(4-3-14(13)10-21)20-17(6-8-19-2)15(11-22)12-23;1-13-11-3-5-12(6-4-11)15-9-7-14(2)8-10-15/h3-12,18,20,22H,1-2H3;3-6,13H,7-10H2,1-2H3/b7-5-,15-11-,17-6+,19-8?;. The first-order valence-corrected chi connectivity index (χ1v) is 12.3. The zero-order valence-electron chi connectivity index (χ0n) is 22.5. The molecule has 1 aliphatic heterocycles. The quantitative estimate of drug-likeness (QED) is 0.124. The van der Waals surface area contributed by atoms with Crippen molar-refractivity contribution in [3.8, 4) is 0 Å². The van der Waals surface area contributed by atoms with Gasteiger partial charge in [0, 0.05) is 76.2 Å². The van der Waals surface area contributed by atoms with E-state index in [1.807, 2.05) is 7.05 Å². The minimum absolute atomic E-state index is 0.0803. The molecule has 0 atom stereocenters. The maximum absolute atomic E-state index is 11.1. The van der Waals surface area contributed by atoms with Gasteiger partial charge in [0.05, 0.1) is 17.5 Å². The van der Waals surface area contributed by atoms with Crippen molar-refractivity contribution in [3.05, 3.63) is 83.4 Å². The fourth-order valence-corrected chi connectivity index (χ4v) is 3.66. The van der Waals surface area contributed by atoms with Crippen molar-refractivity contribution >= 4 is 41.9 Å². The zero-order valence-corrected chi connectivity index (χ0v) is 22.5. The molecule has 9 heteroatoms. The summed E-state index contributed by atoms with van der Waals surface area (Å²) < 4.78 is 0. The molecule has 1 aliphatic rings. The van der Waals surface area contributed by atoms with Gasteiger partial charge < -0.3 is 30.9 Å². The molecule has 0 aliphatic carbocycles. The molecule has 1 fully saturated rings. The van der Waals surface area contributed by atoms with Gasteiger partial charge in [0.15, 0.2) is 12.6 Å². The third-order valence-electron chi connectivity index (χ3n) is 5.91. The van der Waals surface area contributed by atoms with Gasteiger partial charge in [-0.25, -0.2) is 0 Å². The van der Waals surface area contributed by atoms with E-state index in [-0.39, 0.29) is 5.57 Å². The van der Waals surface area contributed by atoms with Gasteiger partial charge in [0.25, 0.3) is 0 Å². The van der Waals surface area contributed by atoms with Crippen molar-refractivity contribution in [2.75, 3.05) is 69.9 Å². The number of carbonyl (C=O) groups is 2. The number of nitrogens with zero attached hydrogens (tertiary/aromatic N) is 3. The molecule has 9 nitrogen and oxygen atoms in total. The summed E-state index contributed by atoms with van der Waals surface area (Å²) in [5.41, 5.74) is 4.88. The molecule has 0 unspecified atom stereocenters. The van der Waals surface area contributed by atoms with Gasteiger partial charge in [0.1, 0.15) is 0 Å². The molecular formula is C29H38N6O3. The van der Waals surface area contributed by atoms with Crippen LogP contribution in [0.2, 0.25) is 0 Å². The lowest BCUT2D eigenvalue weighted by atomic mass is 10.1. The smallest absolute Gasteiger partial charge is 0.155 e. The molecule has 202 valence electrons. The number of aliphatic hydroxyl groups is 1. The molecule has 0 saturated carbocycles. The highest BCUT2D eigenvalue weighted by atomic mass is 16.2.